The first kappa shape index (κ1) is 15.0. The van der Waals surface area contributed by atoms with E-state index in [4.69, 9.17) is 0 Å². The Morgan fingerprint density at radius 2 is 1.73 bits per heavy atom. The summed E-state index contributed by atoms with van der Waals surface area (Å²) in [5, 5.41) is 10.9. The minimum Gasteiger partial charge on any atom is -0.384 e. The monoisotopic (exact) mass is 293 g/mol. The maximum Gasteiger partial charge on any atom is 0.104 e. The Morgan fingerprint density at radius 1 is 1.09 bits per heavy atom. The molecule has 1 saturated heterocycles. The zero-order valence-corrected chi connectivity index (χ0v) is 13.0. The first-order valence-corrected chi connectivity index (χ1v) is 7.96. The van der Waals surface area contributed by atoms with E-state index in [9.17, 15) is 5.11 Å². The highest BCUT2D eigenvalue weighted by Gasteiger charge is 2.22. The highest BCUT2D eigenvalue weighted by molar-refractivity contribution is 5.70. The Morgan fingerprint density at radius 3 is 2.32 bits per heavy atom. The van der Waals surface area contributed by atoms with Gasteiger partial charge in [0.2, 0.25) is 0 Å². The van der Waals surface area contributed by atoms with E-state index in [0.29, 0.717) is 6.04 Å². The van der Waals surface area contributed by atoms with Crippen LogP contribution in [0.5, 0.6) is 0 Å². The number of likely N-dealkylation sites (N-methyl/N-ethyl adjacent to an activating group) is 1. The van der Waals surface area contributed by atoms with Crippen molar-refractivity contribution in [3.05, 3.63) is 77.9 Å². The molecule has 1 fully saturated rings. The van der Waals surface area contributed by atoms with Crippen molar-refractivity contribution >= 4 is 5.57 Å². The number of rotatable bonds is 4. The molecule has 2 atom stereocenters. The van der Waals surface area contributed by atoms with Crippen LogP contribution in [-0.4, -0.2) is 29.6 Å². The van der Waals surface area contributed by atoms with Crippen LogP contribution in [0.2, 0.25) is 0 Å². The molecule has 0 spiro atoms. The molecule has 2 aromatic carbocycles. The zero-order valence-electron chi connectivity index (χ0n) is 13.0. The molecule has 0 radical (unpaired) electrons. The smallest absolute Gasteiger partial charge is 0.104 e. The van der Waals surface area contributed by atoms with Crippen LogP contribution in [0.1, 0.15) is 30.1 Å². The van der Waals surface area contributed by atoms with Gasteiger partial charge in [-0.15, -0.1) is 0 Å². The number of nitrogens with zero attached hydrogens (tertiary/aromatic N) is 1. The molecule has 114 valence electrons. The minimum atomic E-state index is -0.586. The molecule has 0 bridgehead atoms. The van der Waals surface area contributed by atoms with Crippen molar-refractivity contribution in [3.8, 4) is 0 Å². The lowest BCUT2D eigenvalue weighted by molar-refractivity contribution is 0.237. The first-order chi connectivity index (χ1) is 10.8. The molecule has 2 heteroatoms. The Labute approximate surface area is 132 Å². The molecule has 2 unspecified atom stereocenters. The second kappa shape index (κ2) is 6.91. The molecule has 0 amide bonds. The van der Waals surface area contributed by atoms with Crippen molar-refractivity contribution in [1.82, 2.24) is 4.90 Å². The van der Waals surface area contributed by atoms with Crippen molar-refractivity contribution in [3.63, 3.8) is 0 Å². The molecule has 1 N–H and O–H groups in total. The van der Waals surface area contributed by atoms with Gasteiger partial charge in [0, 0.05) is 6.04 Å². The number of likely N-dealkylation sites (tertiary alicyclic amines) is 1. The molecular weight excluding hydrogens is 270 g/mol. The molecule has 1 aliphatic heterocycles. The van der Waals surface area contributed by atoms with Gasteiger partial charge in [0.1, 0.15) is 6.10 Å². The van der Waals surface area contributed by atoms with Crippen molar-refractivity contribution in [2.75, 3.05) is 13.6 Å². The molecule has 1 heterocycles. The second-order valence-corrected chi connectivity index (χ2v) is 5.99. The fourth-order valence-electron chi connectivity index (χ4n) is 3.14. The van der Waals surface area contributed by atoms with Crippen LogP contribution in [0, 0.1) is 0 Å². The lowest BCUT2D eigenvalue weighted by Crippen LogP contribution is -2.23. The Kier molecular flexibility index (Phi) is 4.71. The maximum absolute atomic E-state index is 10.9. The summed E-state index contributed by atoms with van der Waals surface area (Å²) in [6, 6.07) is 20.5. The van der Waals surface area contributed by atoms with E-state index in [1.54, 1.807) is 0 Å². The van der Waals surface area contributed by atoms with Gasteiger partial charge in [0.25, 0.3) is 0 Å². The topological polar surface area (TPSA) is 23.5 Å². The molecule has 1 aliphatic rings. The van der Waals surface area contributed by atoms with Crippen molar-refractivity contribution in [2.24, 2.45) is 0 Å². The zero-order chi connectivity index (χ0) is 15.4. The van der Waals surface area contributed by atoms with Crippen molar-refractivity contribution in [2.45, 2.75) is 25.0 Å². The van der Waals surface area contributed by atoms with E-state index in [2.05, 4.69) is 30.2 Å². The first-order valence-electron chi connectivity index (χ1n) is 7.96. The van der Waals surface area contributed by atoms with E-state index >= 15 is 0 Å². The number of hydrogen-bond acceptors (Lipinski definition) is 2. The summed E-state index contributed by atoms with van der Waals surface area (Å²) in [7, 11) is 2.16. The van der Waals surface area contributed by atoms with Crippen LogP contribution < -0.4 is 0 Å². The fourth-order valence-corrected chi connectivity index (χ4v) is 3.14. The van der Waals surface area contributed by atoms with E-state index in [-0.39, 0.29) is 0 Å². The number of aliphatic hydroxyl groups is 1. The predicted octanol–water partition coefficient (Wildman–Crippen LogP) is 3.90. The van der Waals surface area contributed by atoms with Crippen LogP contribution >= 0.6 is 0 Å². The van der Waals surface area contributed by atoms with Crippen molar-refractivity contribution in [1.29, 1.82) is 0 Å². The van der Waals surface area contributed by atoms with E-state index in [0.717, 1.165) is 29.7 Å². The molecule has 2 aromatic rings. The summed E-state index contributed by atoms with van der Waals surface area (Å²) in [6.45, 7) is 1.13. The molecule has 3 rings (SSSR count). The number of aliphatic hydroxyl groups excluding tert-OH is 1. The Balaban J connectivity index is 1.98. The van der Waals surface area contributed by atoms with E-state index in [1.807, 2.05) is 48.5 Å². The third-order valence-corrected chi connectivity index (χ3v) is 4.47. The second-order valence-electron chi connectivity index (χ2n) is 5.99. The van der Waals surface area contributed by atoms with Gasteiger partial charge in [-0.2, -0.15) is 0 Å². The summed E-state index contributed by atoms with van der Waals surface area (Å²) in [6.07, 6.45) is 4.05. The Hall–Kier alpha value is -1.90. The Bertz CT molecular complexity index is 621. The highest BCUT2D eigenvalue weighted by Crippen LogP contribution is 2.32. The normalized spacial score (nSPS) is 21.0. The molecule has 22 heavy (non-hydrogen) atoms. The largest absolute Gasteiger partial charge is 0.384 e. The average molecular weight is 293 g/mol. The summed E-state index contributed by atoms with van der Waals surface area (Å²) in [4.78, 5) is 2.36. The van der Waals surface area contributed by atoms with E-state index < -0.39 is 6.10 Å². The van der Waals surface area contributed by atoms with Gasteiger partial charge >= 0.3 is 0 Å². The summed E-state index contributed by atoms with van der Waals surface area (Å²) in [5.41, 5.74) is 3.04. The molecule has 0 aromatic heterocycles. The summed E-state index contributed by atoms with van der Waals surface area (Å²) >= 11 is 0. The van der Waals surface area contributed by atoms with Crippen LogP contribution in [0.25, 0.3) is 5.57 Å². The molecular formula is C20H23NO. The van der Waals surface area contributed by atoms with Gasteiger partial charge in [-0.05, 0) is 43.1 Å². The van der Waals surface area contributed by atoms with Gasteiger partial charge in [-0.3, -0.25) is 4.90 Å². The third kappa shape index (κ3) is 3.29. The fraction of sp³-hybridized carbons (Fsp3) is 0.300. The molecule has 0 saturated carbocycles. The SMILES string of the molecule is CN1CCCC1/C=C(\c1ccccc1)C(O)c1ccccc1. The van der Waals surface area contributed by atoms with Gasteiger partial charge in [-0.25, -0.2) is 0 Å². The van der Waals surface area contributed by atoms with Crippen LogP contribution in [-0.2, 0) is 0 Å². The number of hydrogen-bond donors (Lipinski definition) is 1. The summed E-state index contributed by atoms with van der Waals surface area (Å²) < 4.78 is 0. The van der Waals surface area contributed by atoms with Crippen LogP contribution in [0.3, 0.4) is 0 Å². The van der Waals surface area contributed by atoms with Crippen LogP contribution in [0.15, 0.2) is 66.7 Å². The summed E-state index contributed by atoms with van der Waals surface area (Å²) in [5.74, 6) is 0. The number of benzene rings is 2. The van der Waals surface area contributed by atoms with Gasteiger partial charge in [0.15, 0.2) is 0 Å². The molecule has 0 aliphatic carbocycles. The lowest BCUT2D eigenvalue weighted by Gasteiger charge is -2.21. The lowest BCUT2D eigenvalue weighted by atomic mass is 9.93. The van der Waals surface area contributed by atoms with Crippen molar-refractivity contribution < 1.29 is 5.11 Å². The molecule has 2 nitrogen and oxygen atoms in total. The highest BCUT2D eigenvalue weighted by atomic mass is 16.3. The quantitative estimate of drug-likeness (QED) is 0.924. The van der Waals surface area contributed by atoms with E-state index in [1.165, 1.54) is 6.42 Å². The minimum absolute atomic E-state index is 0.411. The van der Waals surface area contributed by atoms with Gasteiger partial charge < -0.3 is 5.11 Å². The standard InChI is InChI=1S/C20H23NO/c1-21-14-8-13-18(21)15-19(16-9-4-2-5-10-16)20(22)17-11-6-3-7-12-17/h2-7,9-12,15,18,20,22H,8,13-14H2,1H3/b19-15+. The van der Waals surface area contributed by atoms with Crippen LogP contribution in [0.4, 0.5) is 0 Å². The third-order valence-electron chi connectivity index (χ3n) is 4.47. The maximum atomic E-state index is 10.9. The predicted molar refractivity (Wildman–Crippen MR) is 91.5 cm³/mol. The van der Waals surface area contributed by atoms with Gasteiger partial charge in [0.05, 0.1) is 0 Å². The van der Waals surface area contributed by atoms with Gasteiger partial charge in [-0.1, -0.05) is 66.7 Å². The average Bonchev–Trinajstić information content (AvgIpc) is 2.98.